The lowest BCUT2D eigenvalue weighted by Crippen LogP contribution is -2.37. The van der Waals surface area contributed by atoms with Crippen molar-refractivity contribution >= 4 is 55.3 Å². The average molecular weight is 512 g/mol. The van der Waals surface area contributed by atoms with Crippen molar-refractivity contribution in [3.05, 3.63) is 30.3 Å². The Kier molecular flexibility index (Phi) is 5.93. The minimum Gasteiger partial charge on any atom is -0.326 e. The Balaban J connectivity index is 1.21. The van der Waals surface area contributed by atoms with E-state index in [1.165, 1.54) is 4.90 Å². The summed E-state index contributed by atoms with van der Waals surface area (Å²) in [6, 6.07) is 9.41. The molecule has 2 saturated carbocycles. The number of imide groups is 1. The fourth-order valence-electron chi connectivity index (χ4n) is 5.11. The molecular formula is C21H24Br2N2O3. The highest BCUT2D eigenvalue weighted by atomic mass is 79.9. The van der Waals surface area contributed by atoms with E-state index in [2.05, 4.69) is 37.2 Å². The minimum atomic E-state index is -0.132. The number of para-hydroxylation sites is 1. The highest BCUT2D eigenvalue weighted by molar-refractivity contribution is 9.12. The number of hydrogen-bond donors (Lipinski definition) is 1. The van der Waals surface area contributed by atoms with Crippen LogP contribution in [0.25, 0.3) is 0 Å². The number of halogens is 2. The number of rotatable bonds is 7. The van der Waals surface area contributed by atoms with Crippen molar-refractivity contribution in [1.29, 1.82) is 0 Å². The van der Waals surface area contributed by atoms with Gasteiger partial charge in [0.05, 0.1) is 11.8 Å². The number of nitrogens with zero attached hydrogens (tertiary/aromatic N) is 1. The van der Waals surface area contributed by atoms with Gasteiger partial charge in [-0.25, -0.2) is 0 Å². The van der Waals surface area contributed by atoms with Crippen LogP contribution in [-0.2, 0) is 14.4 Å². The molecule has 28 heavy (non-hydrogen) atoms. The summed E-state index contributed by atoms with van der Waals surface area (Å²) < 4.78 is 0. The van der Waals surface area contributed by atoms with Crippen molar-refractivity contribution in [2.45, 2.75) is 41.8 Å². The van der Waals surface area contributed by atoms with Gasteiger partial charge < -0.3 is 5.32 Å². The second kappa shape index (κ2) is 8.27. The molecule has 3 fully saturated rings. The van der Waals surface area contributed by atoms with E-state index < -0.39 is 0 Å². The van der Waals surface area contributed by atoms with Crippen LogP contribution < -0.4 is 5.32 Å². The molecule has 2 aliphatic carbocycles. The number of anilines is 1. The zero-order chi connectivity index (χ0) is 19.8. The third-order valence-corrected chi connectivity index (χ3v) is 9.63. The number of hydrogen-bond acceptors (Lipinski definition) is 3. The predicted molar refractivity (Wildman–Crippen MR) is 114 cm³/mol. The molecule has 1 aromatic rings. The van der Waals surface area contributed by atoms with E-state index in [-0.39, 0.29) is 51.0 Å². The van der Waals surface area contributed by atoms with Crippen LogP contribution in [0.5, 0.6) is 0 Å². The fourth-order valence-corrected chi connectivity index (χ4v) is 6.98. The number of unbranched alkanes of at least 4 members (excludes halogenated alkanes) is 2. The SMILES string of the molecule is O=C(CCCCCN1C(=O)[C@@H]2[C@H]3C[C@@H]([C@@H](Br)[C@H]3Br)[C@H]2C1=O)Nc1ccccc1. The number of carbonyl (C=O) groups excluding carboxylic acids is 3. The maximum absolute atomic E-state index is 12.8. The van der Waals surface area contributed by atoms with E-state index in [0.717, 1.165) is 31.4 Å². The second-order valence-corrected chi connectivity index (χ2v) is 10.2. The van der Waals surface area contributed by atoms with Crippen molar-refractivity contribution in [2.75, 3.05) is 11.9 Å². The maximum Gasteiger partial charge on any atom is 0.233 e. The highest BCUT2D eigenvalue weighted by Gasteiger charge is 2.66. The predicted octanol–water partition coefficient (Wildman–Crippen LogP) is 3.96. The van der Waals surface area contributed by atoms with Gasteiger partial charge in [-0.3, -0.25) is 19.3 Å². The molecule has 3 amide bonds. The molecule has 3 aliphatic rings. The summed E-state index contributed by atoms with van der Waals surface area (Å²) in [6.07, 6.45) is 3.73. The Morgan fingerprint density at radius 1 is 0.964 bits per heavy atom. The van der Waals surface area contributed by atoms with Gasteiger partial charge in [0.1, 0.15) is 0 Å². The van der Waals surface area contributed by atoms with Crippen molar-refractivity contribution in [3.8, 4) is 0 Å². The monoisotopic (exact) mass is 510 g/mol. The Hall–Kier alpha value is -1.21. The third-order valence-electron chi connectivity index (χ3n) is 6.42. The Bertz CT molecular complexity index is 740. The molecule has 0 radical (unpaired) electrons. The summed E-state index contributed by atoms with van der Waals surface area (Å²) in [7, 11) is 0. The molecule has 2 bridgehead atoms. The van der Waals surface area contributed by atoms with Gasteiger partial charge in [0.15, 0.2) is 0 Å². The molecule has 1 heterocycles. The lowest BCUT2D eigenvalue weighted by Gasteiger charge is -2.28. The first kappa shape index (κ1) is 20.1. The van der Waals surface area contributed by atoms with Gasteiger partial charge in [0, 0.05) is 28.3 Å². The number of carbonyl (C=O) groups is 3. The summed E-state index contributed by atoms with van der Waals surface area (Å²) in [5.74, 6) is 0.309. The molecule has 0 aromatic heterocycles. The topological polar surface area (TPSA) is 66.5 Å². The van der Waals surface area contributed by atoms with E-state index >= 15 is 0 Å². The molecule has 0 unspecified atom stereocenters. The number of alkyl halides is 2. The van der Waals surface area contributed by atoms with E-state index in [1.807, 2.05) is 30.3 Å². The summed E-state index contributed by atoms with van der Waals surface area (Å²) in [4.78, 5) is 39.7. The van der Waals surface area contributed by atoms with Gasteiger partial charge >= 0.3 is 0 Å². The maximum atomic E-state index is 12.8. The lowest BCUT2D eigenvalue weighted by molar-refractivity contribution is -0.140. The van der Waals surface area contributed by atoms with Crippen LogP contribution in [0.1, 0.15) is 32.1 Å². The Morgan fingerprint density at radius 3 is 2.18 bits per heavy atom. The van der Waals surface area contributed by atoms with Crippen molar-refractivity contribution in [3.63, 3.8) is 0 Å². The smallest absolute Gasteiger partial charge is 0.233 e. The standard InChI is InChI=1S/C21H24Br2N2O3/c22-18-13-11-14(19(18)23)17-16(13)20(27)25(21(17)28)10-6-2-5-9-15(26)24-12-7-3-1-4-8-12/h1,3-4,7-8,13-14,16-19H,2,5-6,9-11H2,(H,24,26)/t13-,14-,16-,17-,18-,19+/m1/s1. The van der Waals surface area contributed by atoms with E-state index in [9.17, 15) is 14.4 Å². The van der Waals surface area contributed by atoms with Gasteiger partial charge in [0.2, 0.25) is 17.7 Å². The summed E-state index contributed by atoms with van der Waals surface area (Å²) >= 11 is 7.42. The second-order valence-electron chi connectivity index (χ2n) is 8.06. The molecule has 6 atom stereocenters. The van der Waals surface area contributed by atoms with Crippen LogP contribution in [0.15, 0.2) is 30.3 Å². The number of fused-ring (bicyclic) bond motifs is 5. The molecule has 0 spiro atoms. The first-order valence-electron chi connectivity index (χ1n) is 9.97. The highest BCUT2D eigenvalue weighted by Crippen LogP contribution is 2.60. The summed E-state index contributed by atoms with van der Waals surface area (Å²) in [6.45, 7) is 0.477. The molecule has 150 valence electrons. The normalized spacial score (nSPS) is 33.4. The zero-order valence-corrected chi connectivity index (χ0v) is 18.7. The molecule has 1 N–H and O–H groups in total. The quantitative estimate of drug-likeness (QED) is 0.342. The number of nitrogens with one attached hydrogen (secondary N) is 1. The van der Waals surface area contributed by atoms with E-state index in [4.69, 9.17) is 0 Å². The largest absolute Gasteiger partial charge is 0.326 e. The number of likely N-dealkylation sites (tertiary alicyclic amines) is 1. The van der Waals surface area contributed by atoms with Crippen molar-refractivity contribution in [2.24, 2.45) is 23.7 Å². The molecule has 1 aromatic carbocycles. The van der Waals surface area contributed by atoms with Crippen LogP contribution in [-0.4, -0.2) is 38.8 Å². The number of benzene rings is 1. The molecule has 1 aliphatic heterocycles. The van der Waals surface area contributed by atoms with Crippen LogP contribution in [0.3, 0.4) is 0 Å². The fraction of sp³-hybridized carbons (Fsp3) is 0.571. The summed E-state index contributed by atoms with van der Waals surface area (Å²) in [5, 5.41) is 2.87. The third kappa shape index (κ3) is 3.56. The van der Waals surface area contributed by atoms with Crippen LogP contribution >= 0.6 is 31.9 Å². The first-order valence-corrected chi connectivity index (χ1v) is 11.8. The van der Waals surface area contributed by atoms with Crippen LogP contribution in [0.4, 0.5) is 5.69 Å². The lowest BCUT2D eigenvalue weighted by atomic mass is 9.81. The van der Waals surface area contributed by atoms with Crippen LogP contribution in [0, 0.1) is 23.7 Å². The molecule has 7 heteroatoms. The molecule has 1 saturated heterocycles. The van der Waals surface area contributed by atoms with Gasteiger partial charge in [-0.1, -0.05) is 56.5 Å². The summed E-state index contributed by atoms with van der Waals surface area (Å²) in [5.41, 5.74) is 0.803. The zero-order valence-electron chi connectivity index (χ0n) is 15.5. The average Bonchev–Trinajstić information content (AvgIpc) is 3.28. The van der Waals surface area contributed by atoms with Gasteiger partial charge in [0.25, 0.3) is 0 Å². The molecule has 4 rings (SSSR count). The van der Waals surface area contributed by atoms with E-state index in [1.54, 1.807) is 0 Å². The first-order chi connectivity index (χ1) is 13.5. The van der Waals surface area contributed by atoms with Gasteiger partial charge in [-0.05, 0) is 43.2 Å². The number of amides is 3. The van der Waals surface area contributed by atoms with Gasteiger partial charge in [-0.15, -0.1) is 0 Å². The van der Waals surface area contributed by atoms with Crippen molar-refractivity contribution < 1.29 is 14.4 Å². The van der Waals surface area contributed by atoms with Gasteiger partial charge in [-0.2, -0.15) is 0 Å². The van der Waals surface area contributed by atoms with E-state index in [0.29, 0.717) is 13.0 Å². The van der Waals surface area contributed by atoms with Crippen molar-refractivity contribution in [1.82, 2.24) is 4.90 Å². The minimum absolute atomic E-state index is 0.00245. The molecular weight excluding hydrogens is 488 g/mol. The van der Waals surface area contributed by atoms with Crippen LogP contribution in [0.2, 0.25) is 0 Å². The molecule has 5 nitrogen and oxygen atoms in total. The Morgan fingerprint density at radius 2 is 1.57 bits per heavy atom. The Labute approximate surface area is 181 Å².